The fourth-order valence-electron chi connectivity index (χ4n) is 3.61. The van der Waals surface area contributed by atoms with E-state index < -0.39 is 17.1 Å². The van der Waals surface area contributed by atoms with Gasteiger partial charge in [0.2, 0.25) is 5.82 Å². The van der Waals surface area contributed by atoms with Crippen LogP contribution in [0.4, 0.5) is 0 Å². The zero-order valence-corrected chi connectivity index (χ0v) is 18.8. The maximum absolute atomic E-state index is 12.5. The van der Waals surface area contributed by atoms with Crippen LogP contribution < -0.4 is 4.74 Å². The molecule has 0 radical (unpaired) electrons. The number of fused-ring (bicyclic) bond motifs is 1. The van der Waals surface area contributed by atoms with Gasteiger partial charge in [-0.25, -0.2) is 4.98 Å². The van der Waals surface area contributed by atoms with Crippen LogP contribution >= 0.6 is 0 Å². The van der Waals surface area contributed by atoms with E-state index in [4.69, 9.17) is 19.2 Å². The predicted octanol–water partition coefficient (Wildman–Crippen LogP) is 3.63. The summed E-state index contributed by atoms with van der Waals surface area (Å²) < 4.78 is 31.9. The van der Waals surface area contributed by atoms with Crippen molar-refractivity contribution in [2.45, 2.75) is 33.5 Å². The molecule has 0 amide bonds. The van der Waals surface area contributed by atoms with Gasteiger partial charge in [-0.15, -0.1) is 3.97 Å². The highest BCUT2D eigenvalue weighted by atomic mass is 32.2. The Labute approximate surface area is 179 Å². The van der Waals surface area contributed by atoms with Crippen LogP contribution in [0.5, 0.6) is 5.75 Å². The normalized spacial score (nSPS) is 17.9. The van der Waals surface area contributed by atoms with Crippen LogP contribution in [0, 0.1) is 19.8 Å². The molecule has 0 bridgehead atoms. The summed E-state index contributed by atoms with van der Waals surface area (Å²) in [6.07, 6.45) is 3.42. The summed E-state index contributed by atoms with van der Waals surface area (Å²) in [7, 11) is 0. The first-order valence-corrected chi connectivity index (χ1v) is 11.5. The number of rotatable bonds is 5. The number of aromatic nitrogens is 3. The van der Waals surface area contributed by atoms with Gasteiger partial charge < -0.3 is 18.8 Å². The Morgan fingerprint density at radius 3 is 2.63 bits per heavy atom. The molecular weight excluding hydrogens is 402 g/mol. The zero-order chi connectivity index (χ0) is 21.5. The largest absolute Gasteiger partial charge is 0.593 e. The first kappa shape index (κ1) is 21.1. The number of imidazole rings is 1. The van der Waals surface area contributed by atoms with Gasteiger partial charge in [-0.2, -0.15) is 0 Å². The zero-order valence-electron chi connectivity index (χ0n) is 18.0. The van der Waals surface area contributed by atoms with Crippen molar-refractivity contribution < 1.29 is 18.8 Å². The lowest BCUT2D eigenvalue weighted by molar-refractivity contribution is -0.264. The summed E-state index contributed by atoms with van der Waals surface area (Å²) in [6.45, 7) is 9.42. The van der Waals surface area contributed by atoms with Gasteiger partial charge >= 0.3 is 0 Å². The Morgan fingerprint density at radius 2 is 1.93 bits per heavy atom. The predicted molar refractivity (Wildman–Crippen MR) is 117 cm³/mol. The number of nitrogens with zero attached hydrogens (tertiary/aromatic N) is 3. The average molecular weight is 430 g/mol. The number of para-hydroxylation sites is 2. The molecule has 1 saturated heterocycles. The minimum absolute atomic E-state index is 0.154. The van der Waals surface area contributed by atoms with Crippen molar-refractivity contribution in [1.29, 1.82) is 0 Å². The summed E-state index contributed by atoms with van der Waals surface area (Å²) in [6, 6.07) is 7.66. The van der Waals surface area contributed by atoms with Crippen LogP contribution in [0.2, 0.25) is 0 Å². The van der Waals surface area contributed by atoms with Gasteiger partial charge in [0.15, 0.2) is 5.79 Å². The number of aryl methyl sites for hydroxylation is 1. The average Bonchev–Trinajstić information content (AvgIpc) is 3.08. The number of pyridine rings is 1. The van der Waals surface area contributed by atoms with Gasteiger partial charge in [0.25, 0.3) is 0 Å². The molecule has 0 N–H and O–H groups in total. The molecule has 7 nitrogen and oxygen atoms in total. The van der Waals surface area contributed by atoms with Crippen LogP contribution in [0.1, 0.15) is 25.0 Å². The van der Waals surface area contributed by atoms with Gasteiger partial charge in [-0.05, 0) is 39.8 Å². The van der Waals surface area contributed by atoms with Gasteiger partial charge in [0.1, 0.15) is 23.2 Å². The molecule has 0 saturated carbocycles. The second-order valence-electron chi connectivity index (χ2n) is 8.09. The lowest BCUT2D eigenvalue weighted by atomic mass is 10.1. The fraction of sp³-hybridized carbons (Fsp3) is 0.455. The molecule has 3 aromatic rings. The highest BCUT2D eigenvalue weighted by Gasteiger charge is 2.29. The quantitative estimate of drug-likeness (QED) is 0.576. The summed E-state index contributed by atoms with van der Waals surface area (Å²) in [5, 5.41) is 0. The van der Waals surface area contributed by atoms with E-state index in [0.29, 0.717) is 31.3 Å². The second-order valence-corrected chi connectivity index (χ2v) is 9.30. The smallest absolute Gasteiger partial charge is 0.206 e. The van der Waals surface area contributed by atoms with Crippen LogP contribution in [-0.2, 0) is 20.8 Å². The molecule has 160 valence electrons. The Balaban J connectivity index is 1.65. The number of hydrogen-bond donors (Lipinski definition) is 0. The maximum Gasteiger partial charge on any atom is 0.206 e. The molecule has 0 spiro atoms. The van der Waals surface area contributed by atoms with E-state index in [1.165, 1.54) is 0 Å². The van der Waals surface area contributed by atoms with E-state index in [2.05, 4.69) is 4.98 Å². The van der Waals surface area contributed by atoms with Crippen molar-refractivity contribution in [1.82, 2.24) is 13.9 Å². The number of benzene rings is 1. The molecule has 1 fully saturated rings. The first-order valence-electron chi connectivity index (χ1n) is 9.95. The van der Waals surface area contributed by atoms with Crippen molar-refractivity contribution in [2.75, 3.05) is 26.1 Å². The third-order valence-electron chi connectivity index (χ3n) is 5.23. The lowest BCUT2D eigenvalue weighted by Crippen LogP contribution is -2.41. The minimum atomic E-state index is -1.28. The van der Waals surface area contributed by atoms with Crippen molar-refractivity contribution >= 4 is 22.4 Å². The summed E-state index contributed by atoms with van der Waals surface area (Å²) in [5.74, 6) is 0.957. The molecule has 1 aliphatic heterocycles. The maximum atomic E-state index is 12.5. The van der Waals surface area contributed by atoms with E-state index in [1.807, 2.05) is 52.0 Å². The van der Waals surface area contributed by atoms with E-state index in [1.54, 1.807) is 16.4 Å². The van der Waals surface area contributed by atoms with Crippen LogP contribution in [0.3, 0.4) is 0 Å². The topological polar surface area (TPSA) is 81.5 Å². The van der Waals surface area contributed by atoms with Crippen LogP contribution in [0.25, 0.3) is 22.6 Å². The molecule has 1 aromatic carbocycles. The van der Waals surface area contributed by atoms with Gasteiger partial charge in [-0.1, -0.05) is 12.1 Å². The Bertz CT molecular complexity index is 1050. The fourth-order valence-corrected chi connectivity index (χ4v) is 4.41. The summed E-state index contributed by atoms with van der Waals surface area (Å²) >= 11 is -1.28. The Hall–Kier alpha value is -2.13. The Kier molecular flexibility index (Phi) is 5.76. The lowest BCUT2D eigenvalue weighted by Gasteiger charge is -2.34. The van der Waals surface area contributed by atoms with E-state index in [-0.39, 0.29) is 5.92 Å². The molecule has 1 unspecified atom stereocenters. The standard InChI is InChI=1S/C22H27N3O4S/c1-14-10-23-19(21-24-17-8-6-7-9-18(17)25(21)30(5)26)15(2)20(14)27-11-16-12-28-22(3,4)29-13-16/h6-10,16H,11-13H2,1-5H3. The first-order chi connectivity index (χ1) is 14.3. The number of ether oxygens (including phenoxy) is 3. The van der Waals surface area contributed by atoms with Gasteiger partial charge in [0.05, 0.1) is 36.7 Å². The molecule has 1 aliphatic rings. The van der Waals surface area contributed by atoms with E-state index in [9.17, 15) is 4.55 Å². The molecule has 2 aromatic heterocycles. The highest BCUT2D eigenvalue weighted by molar-refractivity contribution is 7.89. The van der Waals surface area contributed by atoms with Crippen molar-refractivity contribution in [3.05, 3.63) is 41.6 Å². The Morgan fingerprint density at radius 1 is 1.23 bits per heavy atom. The summed E-state index contributed by atoms with van der Waals surface area (Å²) in [5.41, 5.74) is 4.08. The highest BCUT2D eigenvalue weighted by Crippen LogP contribution is 2.33. The molecule has 8 heteroatoms. The minimum Gasteiger partial charge on any atom is -0.593 e. The monoisotopic (exact) mass is 429 g/mol. The van der Waals surface area contributed by atoms with E-state index in [0.717, 1.165) is 27.9 Å². The third-order valence-corrected chi connectivity index (χ3v) is 6.11. The third kappa shape index (κ3) is 4.05. The molecule has 30 heavy (non-hydrogen) atoms. The molecule has 0 aliphatic carbocycles. The SMILES string of the molecule is Cc1cnc(-c2nc3ccccc3n2[S+](C)[O-])c(C)c1OCC1COC(C)(C)OC1. The van der Waals surface area contributed by atoms with Crippen LogP contribution in [0.15, 0.2) is 30.5 Å². The number of hydrogen-bond acceptors (Lipinski definition) is 6. The van der Waals surface area contributed by atoms with Crippen molar-refractivity contribution in [3.8, 4) is 17.3 Å². The van der Waals surface area contributed by atoms with E-state index >= 15 is 0 Å². The van der Waals surface area contributed by atoms with Crippen molar-refractivity contribution in [2.24, 2.45) is 5.92 Å². The van der Waals surface area contributed by atoms with Gasteiger partial charge in [0, 0.05) is 23.2 Å². The molecule has 3 heterocycles. The van der Waals surface area contributed by atoms with Crippen LogP contribution in [-0.4, -0.2) is 50.4 Å². The van der Waals surface area contributed by atoms with Crippen molar-refractivity contribution in [3.63, 3.8) is 0 Å². The van der Waals surface area contributed by atoms with Gasteiger partial charge in [-0.3, -0.25) is 4.98 Å². The molecular formula is C22H27N3O4S. The molecule has 4 rings (SSSR count). The summed E-state index contributed by atoms with van der Waals surface area (Å²) in [4.78, 5) is 9.33. The molecule has 1 atom stereocenters. The second kappa shape index (κ2) is 8.19.